The number of piperidine rings is 1. The van der Waals surface area contributed by atoms with Gasteiger partial charge in [0.2, 0.25) is 0 Å². The van der Waals surface area contributed by atoms with Gasteiger partial charge in [-0.1, -0.05) is 11.6 Å². The Kier molecular flexibility index (Phi) is 5.43. The number of halogens is 2. The largest absolute Gasteiger partial charge is 0.376 e. The van der Waals surface area contributed by atoms with Gasteiger partial charge in [-0.3, -0.25) is 4.79 Å². The van der Waals surface area contributed by atoms with Crippen LogP contribution in [-0.2, 0) is 4.79 Å². The molecule has 0 aliphatic carbocycles. The van der Waals surface area contributed by atoms with Crippen molar-refractivity contribution in [3.63, 3.8) is 0 Å². The number of aromatic amines is 1. The summed E-state index contributed by atoms with van der Waals surface area (Å²) in [5, 5.41) is 4.28. The first kappa shape index (κ1) is 18.7. The minimum absolute atomic E-state index is 0.0562. The smallest absolute Gasteiger partial charge is 0.152 e. The molecule has 1 aliphatic heterocycles. The second-order valence-corrected chi connectivity index (χ2v) is 7.55. The summed E-state index contributed by atoms with van der Waals surface area (Å²) in [6.07, 6.45) is 5.87. The molecule has 2 N–H and O–H groups in total. The maximum absolute atomic E-state index is 13.8. The molecule has 0 spiro atoms. The van der Waals surface area contributed by atoms with E-state index in [1.165, 1.54) is 18.2 Å². The van der Waals surface area contributed by atoms with E-state index in [1.54, 1.807) is 6.33 Å². The molecule has 1 atom stereocenters. The molecule has 2 aromatic heterocycles. The number of anilines is 2. The summed E-state index contributed by atoms with van der Waals surface area (Å²) in [4.78, 5) is 26.4. The van der Waals surface area contributed by atoms with Crippen LogP contribution in [-0.4, -0.2) is 40.4 Å². The van der Waals surface area contributed by atoms with Gasteiger partial charge in [0.05, 0.1) is 17.6 Å². The Morgan fingerprint density at radius 1 is 1.36 bits per heavy atom. The van der Waals surface area contributed by atoms with Gasteiger partial charge in [0.15, 0.2) is 5.78 Å². The molecule has 8 heteroatoms. The second kappa shape index (κ2) is 8.14. The van der Waals surface area contributed by atoms with Crippen LogP contribution in [0.4, 0.5) is 15.9 Å². The number of H-pyrrole nitrogens is 1. The van der Waals surface area contributed by atoms with Crippen LogP contribution < -0.4 is 10.2 Å². The summed E-state index contributed by atoms with van der Waals surface area (Å²) >= 11 is 5.89. The fourth-order valence-corrected chi connectivity index (χ4v) is 3.93. The fourth-order valence-electron chi connectivity index (χ4n) is 3.76. The number of benzene rings is 1. The lowest BCUT2D eigenvalue weighted by Gasteiger charge is -2.33. The number of carbonyl (C=O) groups is 1. The van der Waals surface area contributed by atoms with E-state index in [0.29, 0.717) is 11.4 Å². The number of hydrogen-bond donors (Lipinski definition) is 2. The van der Waals surface area contributed by atoms with E-state index in [9.17, 15) is 9.18 Å². The summed E-state index contributed by atoms with van der Waals surface area (Å²) in [6.45, 7) is 1.77. The molecule has 28 heavy (non-hydrogen) atoms. The summed E-state index contributed by atoms with van der Waals surface area (Å²) in [7, 11) is 0. The van der Waals surface area contributed by atoms with Crippen molar-refractivity contribution in [1.29, 1.82) is 0 Å². The Labute approximate surface area is 167 Å². The highest BCUT2D eigenvalue weighted by atomic mass is 35.5. The second-order valence-electron chi connectivity index (χ2n) is 7.11. The van der Waals surface area contributed by atoms with Gasteiger partial charge < -0.3 is 15.2 Å². The molecule has 1 unspecified atom stereocenters. The highest BCUT2D eigenvalue weighted by molar-refractivity contribution is 6.30. The Morgan fingerprint density at radius 3 is 3.14 bits per heavy atom. The Bertz CT molecular complexity index is 992. The van der Waals surface area contributed by atoms with Crippen LogP contribution in [0.3, 0.4) is 0 Å². The average Bonchev–Trinajstić information content (AvgIpc) is 3.18. The van der Waals surface area contributed by atoms with E-state index in [2.05, 4.69) is 25.2 Å². The van der Waals surface area contributed by atoms with Crippen molar-refractivity contribution in [3.8, 4) is 0 Å². The zero-order valence-electron chi connectivity index (χ0n) is 15.3. The summed E-state index contributed by atoms with van der Waals surface area (Å²) in [6, 6.07) is 6.24. The van der Waals surface area contributed by atoms with Crippen molar-refractivity contribution in [1.82, 2.24) is 15.0 Å². The van der Waals surface area contributed by atoms with Crippen LogP contribution in [0.5, 0.6) is 0 Å². The third kappa shape index (κ3) is 4.09. The summed E-state index contributed by atoms with van der Waals surface area (Å²) in [5.41, 5.74) is 1.07. The van der Waals surface area contributed by atoms with Crippen LogP contribution >= 0.6 is 11.6 Å². The Morgan fingerprint density at radius 2 is 2.25 bits per heavy atom. The third-order valence-electron chi connectivity index (χ3n) is 5.07. The van der Waals surface area contributed by atoms with Crippen LogP contribution in [0.15, 0.2) is 36.8 Å². The quantitative estimate of drug-likeness (QED) is 0.652. The number of carbonyl (C=O) groups excluding carboxylic acids is 1. The molecule has 0 bridgehead atoms. The molecule has 1 saturated heterocycles. The van der Waals surface area contributed by atoms with E-state index in [-0.39, 0.29) is 23.9 Å². The lowest BCUT2D eigenvalue weighted by molar-refractivity contribution is -0.118. The van der Waals surface area contributed by atoms with Crippen molar-refractivity contribution in [3.05, 3.63) is 47.6 Å². The topological polar surface area (TPSA) is 73.9 Å². The maximum atomic E-state index is 13.8. The molecule has 1 aliphatic rings. The van der Waals surface area contributed by atoms with Gasteiger partial charge in [0.1, 0.15) is 23.6 Å². The third-order valence-corrected chi connectivity index (χ3v) is 5.31. The average molecular weight is 402 g/mol. The molecule has 3 aromatic rings. The molecule has 3 heterocycles. The number of nitrogens with one attached hydrogen (secondary N) is 2. The number of rotatable bonds is 6. The molecular weight excluding hydrogens is 381 g/mol. The first-order chi connectivity index (χ1) is 13.6. The Balaban J connectivity index is 1.36. The van der Waals surface area contributed by atoms with Crippen molar-refractivity contribution < 1.29 is 9.18 Å². The maximum Gasteiger partial charge on any atom is 0.152 e. The first-order valence-corrected chi connectivity index (χ1v) is 9.71. The normalized spacial score (nSPS) is 17.1. The molecule has 6 nitrogen and oxygen atoms in total. The van der Waals surface area contributed by atoms with E-state index in [1.807, 2.05) is 12.3 Å². The number of ketones is 1. The van der Waals surface area contributed by atoms with Crippen molar-refractivity contribution in [2.45, 2.75) is 19.3 Å². The first-order valence-electron chi connectivity index (χ1n) is 9.34. The van der Waals surface area contributed by atoms with Gasteiger partial charge >= 0.3 is 0 Å². The van der Waals surface area contributed by atoms with Crippen LogP contribution in [0.1, 0.15) is 19.3 Å². The molecule has 0 amide bonds. The highest BCUT2D eigenvalue weighted by Crippen LogP contribution is 2.28. The number of fused-ring (bicyclic) bond motifs is 1. The predicted molar refractivity (Wildman–Crippen MR) is 108 cm³/mol. The van der Waals surface area contributed by atoms with Crippen LogP contribution in [0.25, 0.3) is 11.0 Å². The minimum atomic E-state index is -0.416. The fraction of sp³-hybridized carbons (Fsp3) is 0.350. The van der Waals surface area contributed by atoms with Gasteiger partial charge in [-0.05, 0) is 43.0 Å². The predicted octanol–water partition coefficient (Wildman–Crippen LogP) is 4.04. The van der Waals surface area contributed by atoms with E-state index in [0.717, 1.165) is 42.8 Å². The van der Waals surface area contributed by atoms with Gasteiger partial charge in [-0.15, -0.1) is 0 Å². The standard InChI is InChI=1S/C20H21ClFN5O/c21-14-3-4-17(22)18(9-14)24-10-15(28)8-13-2-1-7-27(11-13)20-16-5-6-23-19(16)25-12-26-20/h3-6,9,12-13,24H,1-2,7-8,10-11H2,(H,23,25,26). The molecule has 0 saturated carbocycles. The van der Waals surface area contributed by atoms with Crippen LogP contribution in [0, 0.1) is 11.7 Å². The van der Waals surface area contributed by atoms with Crippen molar-refractivity contribution in [2.75, 3.05) is 29.9 Å². The van der Waals surface area contributed by atoms with Crippen LogP contribution in [0.2, 0.25) is 5.02 Å². The molecule has 1 aromatic carbocycles. The molecule has 1 fully saturated rings. The number of Topliss-reactive ketones (excluding diaryl/α,β-unsaturated/α-hetero) is 1. The zero-order chi connectivity index (χ0) is 19.5. The van der Waals surface area contributed by atoms with E-state index < -0.39 is 5.82 Å². The monoisotopic (exact) mass is 401 g/mol. The molecule has 146 valence electrons. The number of aromatic nitrogens is 3. The number of nitrogens with zero attached hydrogens (tertiary/aromatic N) is 3. The van der Waals surface area contributed by atoms with Crippen molar-refractivity contribution in [2.24, 2.45) is 5.92 Å². The lowest BCUT2D eigenvalue weighted by Crippen LogP contribution is -2.37. The van der Waals surface area contributed by atoms with Gasteiger partial charge in [0.25, 0.3) is 0 Å². The Hall–Kier alpha value is -2.67. The zero-order valence-corrected chi connectivity index (χ0v) is 16.0. The number of hydrogen-bond acceptors (Lipinski definition) is 5. The summed E-state index contributed by atoms with van der Waals surface area (Å²) < 4.78 is 13.8. The minimum Gasteiger partial charge on any atom is -0.376 e. The van der Waals surface area contributed by atoms with Gasteiger partial charge in [-0.25, -0.2) is 14.4 Å². The molecular formula is C20H21ClFN5O. The van der Waals surface area contributed by atoms with E-state index in [4.69, 9.17) is 11.6 Å². The SMILES string of the molecule is O=C(CNc1cc(Cl)ccc1F)CC1CCCN(c2ncnc3[nH]ccc23)C1. The lowest BCUT2D eigenvalue weighted by atomic mass is 9.92. The van der Waals surface area contributed by atoms with Gasteiger partial charge in [0, 0.05) is 30.7 Å². The highest BCUT2D eigenvalue weighted by Gasteiger charge is 2.24. The summed E-state index contributed by atoms with van der Waals surface area (Å²) in [5.74, 6) is 0.791. The molecule has 0 radical (unpaired) electrons. The van der Waals surface area contributed by atoms with Crippen molar-refractivity contribution >= 4 is 39.9 Å². The van der Waals surface area contributed by atoms with E-state index >= 15 is 0 Å². The molecule has 4 rings (SSSR count). The van der Waals surface area contributed by atoms with Gasteiger partial charge in [-0.2, -0.15) is 0 Å².